The lowest BCUT2D eigenvalue weighted by molar-refractivity contribution is -0.147. The summed E-state index contributed by atoms with van der Waals surface area (Å²) >= 11 is 0. The first-order chi connectivity index (χ1) is 12.5. The average Bonchev–Trinajstić information content (AvgIpc) is 3.10. The Morgan fingerprint density at radius 2 is 1.92 bits per heavy atom. The van der Waals surface area contributed by atoms with Gasteiger partial charge >= 0.3 is 0 Å². The van der Waals surface area contributed by atoms with Gasteiger partial charge in [-0.3, -0.25) is 9.59 Å². The first-order valence-electron chi connectivity index (χ1n) is 8.27. The fourth-order valence-corrected chi connectivity index (χ4v) is 2.92. The third-order valence-electron chi connectivity index (χ3n) is 4.56. The molecule has 0 bridgehead atoms. The Balaban J connectivity index is 1.53. The molecule has 2 aliphatic rings. The van der Waals surface area contributed by atoms with Crippen molar-refractivity contribution in [1.82, 2.24) is 5.32 Å². The van der Waals surface area contributed by atoms with Gasteiger partial charge in [0.1, 0.15) is 5.75 Å². The molecule has 0 aliphatic carbocycles. The summed E-state index contributed by atoms with van der Waals surface area (Å²) < 4.78 is 16.4. The van der Waals surface area contributed by atoms with Crippen molar-refractivity contribution in [2.45, 2.75) is 25.5 Å². The van der Waals surface area contributed by atoms with Crippen LogP contribution in [0.4, 0.5) is 5.69 Å². The van der Waals surface area contributed by atoms with E-state index in [2.05, 4.69) is 10.6 Å². The van der Waals surface area contributed by atoms with Crippen LogP contribution in [0.3, 0.4) is 0 Å². The van der Waals surface area contributed by atoms with E-state index < -0.39 is 17.4 Å². The molecule has 2 atom stereocenters. The van der Waals surface area contributed by atoms with E-state index in [1.807, 2.05) is 19.1 Å². The van der Waals surface area contributed by atoms with Crippen LogP contribution in [0.1, 0.15) is 25.5 Å². The van der Waals surface area contributed by atoms with Crippen molar-refractivity contribution in [2.24, 2.45) is 0 Å². The Kier molecular flexibility index (Phi) is 3.72. The van der Waals surface area contributed by atoms with Crippen LogP contribution in [-0.2, 0) is 9.59 Å². The van der Waals surface area contributed by atoms with Crippen LogP contribution >= 0.6 is 0 Å². The highest BCUT2D eigenvalue weighted by Crippen LogP contribution is 2.35. The van der Waals surface area contributed by atoms with Gasteiger partial charge in [0.25, 0.3) is 17.4 Å². The largest absolute Gasteiger partial charge is 0.466 e. The van der Waals surface area contributed by atoms with Crippen molar-refractivity contribution < 1.29 is 23.8 Å². The summed E-state index contributed by atoms with van der Waals surface area (Å²) in [6.07, 6.45) is 0. The zero-order valence-corrected chi connectivity index (χ0v) is 14.4. The molecule has 7 nitrogen and oxygen atoms in total. The maximum atomic E-state index is 12.8. The van der Waals surface area contributed by atoms with Crippen LogP contribution in [0.25, 0.3) is 0 Å². The summed E-state index contributed by atoms with van der Waals surface area (Å²) in [5.41, 5.74) is -0.270. The van der Waals surface area contributed by atoms with Gasteiger partial charge in [0.05, 0.1) is 11.7 Å². The molecule has 26 heavy (non-hydrogen) atoms. The number of carbonyl (C=O) groups is 2. The Labute approximate surface area is 150 Å². The van der Waals surface area contributed by atoms with E-state index in [9.17, 15) is 9.59 Å². The molecule has 2 heterocycles. The number of ether oxygens (including phenoxy) is 3. The molecule has 4 rings (SSSR count). The van der Waals surface area contributed by atoms with E-state index in [0.717, 1.165) is 5.56 Å². The molecule has 0 fully saturated rings. The highest BCUT2D eigenvalue weighted by atomic mass is 16.7. The van der Waals surface area contributed by atoms with Gasteiger partial charge in [0.2, 0.25) is 6.79 Å². The highest BCUT2D eigenvalue weighted by molar-refractivity contribution is 6.15. The first kappa shape index (κ1) is 16.3. The van der Waals surface area contributed by atoms with Gasteiger partial charge in [-0.25, -0.2) is 0 Å². The lowest BCUT2D eigenvalue weighted by Gasteiger charge is -2.34. The molecule has 134 valence electrons. The summed E-state index contributed by atoms with van der Waals surface area (Å²) in [4.78, 5) is 25.3. The lowest BCUT2D eigenvalue weighted by Crippen LogP contribution is -2.59. The number of rotatable bonds is 3. The summed E-state index contributed by atoms with van der Waals surface area (Å²) in [6.45, 7) is 3.47. The number of hydrogen-bond donors (Lipinski definition) is 2. The van der Waals surface area contributed by atoms with Crippen molar-refractivity contribution in [3.8, 4) is 17.2 Å². The maximum absolute atomic E-state index is 12.8. The van der Waals surface area contributed by atoms with Crippen molar-refractivity contribution in [1.29, 1.82) is 0 Å². The summed E-state index contributed by atoms with van der Waals surface area (Å²) in [5.74, 6) is 0.739. The van der Waals surface area contributed by atoms with Gasteiger partial charge in [-0.15, -0.1) is 0 Å². The monoisotopic (exact) mass is 354 g/mol. The van der Waals surface area contributed by atoms with Crippen molar-refractivity contribution in [3.05, 3.63) is 48.0 Å². The zero-order chi connectivity index (χ0) is 18.3. The van der Waals surface area contributed by atoms with E-state index in [4.69, 9.17) is 14.2 Å². The van der Waals surface area contributed by atoms with Gasteiger partial charge in [-0.1, -0.05) is 18.2 Å². The lowest BCUT2D eigenvalue weighted by atomic mass is 10.00. The maximum Gasteiger partial charge on any atom is 0.278 e. The van der Waals surface area contributed by atoms with Crippen LogP contribution in [0, 0.1) is 0 Å². The highest BCUT2D eigenvalue weighted by Gasteiger charge is 2.47. The van der Waals surface area contributed by atoms with E-state index in [1.165, 1.54) is 6.92 Å². The van der Waals surface area contributed by atoms with Crippen molar-refractivity contribution >= 4 is 17.5 Å². The van der Waals surface area contributed by atoms with E-state index >= 15 is 0 Å². The summed E-state index contributed by atoms with van der Waals surface area (Å²) in [5, 5.41) is 5.55. The smallest absolute Gasteiger partial charge is 0.278 e. The second kappa shape index (κ2) is 5.94. The number of carbonyl (C=O) groups excluding carboxylic acids is 2. The number of para-hydroxylation sites is 2. The van der Waals surface area contributed by atoms with Gasteiger partial charge in [0.15, 0.2) is 11.5 Å². The molecule has 0 saturated heterocycles. The first-order valence-corrected chi connectivity index (χ1v) is 8.27. The third kappa shape index (κ3) is 2.61. The van der Waals surface area contributed by atoms with Crippen LogP contribution in [0.2, 0.25) is 0 Å². The summed E-state index contributed by atoms with van der Waals surface area (Å²) in [7, 11) is 0. The molecule has 7 heteroatoms. The molecular formula is C19H18N2O5. The van der Waals surface area contributed by atoms with Crippen molar-refractivity contribution in [3.63, 3.8) is 0 Å². The Morgan fingerprint density at radius 3 is 2.77 bits per heavy atom. The van der Waals surface area contributed by atoms with Crippen LogP contribution < -0.4 is 24.8 Å². The molecule has 2 amide bonds. The molecular weight excluding hydrogens is 336 g/mol. The fraction of sp³-hybridized carbons (Fsp3) is 0.263. The second-order valence-electron chi connectivity index (χ2n) is 6.39. The molecule has 2 N–H and O–H groups in total. The van der Waals surface area contributed by atoms with E-state index in [1.54, 1.807) is 30.3 Å². The number of benzene rings is 2. The summed E-state index contributed by atoms with van der Waals surface area (Å²) in [6, 6.07) is 12.1. The predicted molar refractivity (Wildman–Crippen MR) is 93.2 cm³/mol. The zero-order valence-electron chi connectivity index (χ0n) is 14.4. The molecule has 2 unspecified atom stereocenters. The minimum Gasteiger partial charge on any atom is -0.466 e. The quantitative estimate of drug-likeness (QED) is 0.827. The molecule has 0 radical (unpaired) electrons. The minimum atomic E-state index is -1.65. The predicted octanol–water partition coefficient (Wildman–Crippen LogP) is 2.38. The number of amides is 2. The second-order valence-corrected chi connectivity index (χ2v) is 6.39. The number of hydrogen-bond acceptors (Lipinski definition) is 5. The topological polar surface area (TPSA) is 85.9 Å². The number of nitrogens with one attached hydrogen (secondary N) is 2. The number of fused-ring (bicyclic) bond motifs is 2. The van der Waals surface area contributed by atoms with E-state index in [0.29, 0.717) is 22.9 Å². The van der Waals surface area contributed by atoms with Crippen LogP contribution in [0.5, 0.6) is 17.2 Å². The SMILES string of the molecule is CC(NC(=O)C1(C)Oc2ccccc2NC1=O)c1ccc2c(c1)OCO2. The normalized spacial score (nSPS) is 21.2. The molecule has 0 saturated carbocycles. The third-order valence-corrected chi connectivity index (χ3v) is 4.56. The Hall–Kier alpha value is -3.22. The Bertz CT molecular complexity index is 897. The van der Waals surface area contributed by atoms with Crippen LogP contribution in [0.15, 0.2) is 42.5 Å². The molecule has 2 aromatic carbocycles. The van der Waals surface area contributed by atoms with Gasteiger partial charge < -0.3 is 24.8 Å². The van der Waals surface area contributed by atoms with Crippen LogP contribution in [-0.4, -0.2) is 24.2 Å². The molecule has 0 aromatic heterocycles. The van der Waals surface area contributed by atoms with Gasteiger partial charge in [-0.2, -0.15) is 0 Å². The average molecular weight is 354 g/mol. The fourth-order valence-electron chi connectivity index (χ4n) is 2.92. The molecule has 0 spiro atoms. The molecule has 2 aromatic rings. The van der Waals surface area contributed by atoms with Crippen molar-refractivity contribution in [2.75, 3.05) is 12.1 Å². The van der Waals surface area contributed by atoms with E-state index in [-0.39, 0.29) is 12.8 Å². The molecule has 2 aliphatic heterocycles. The van der Waals surface area contributed by atoms with Gasteiger partial charge in [0, 0.05) is 0 Å². The Morgan fingerprint density at radius 1 is 1.15 bits per heavy atom. The number of anilines is 1. The van der Waals surface area contributed by atoms with Gasteiger partial charge in [-0.05, 0) is 43.7 Å². The standard InChI is InChI=1S/C19H18N2O5/c1-11(12-7-8-15-16(9-12)25-10-24-15)20-17(22)19(2)18(23)21-13-5-3-4-6-14(13)26-19/h3-9,11H,10H2,1-2H3,(H,20,22)(H,21,23). The minimum absolute atomic E-state index is 0.186.